The fourth-order valence-electron chi connectivity index (χ4n) is 3.64. The van der Waals surface area contributed by atoms with Gasteiger partial charge in [-0.05, 0) is 37.7 Å². The third-order valence-electron chi connectivity index (χ3n) is 4.90. The highest BCUT2D eigenvalue weighted by Gasteiger charge is 2.30. The van der Waals surface area contributed by atoms with Crippen molar-refractivity contribution in [2.45, 2.75) is 38.2 Å². The molecule has 1 unspecified atom stereocenters. The molecule has 26 heavy (non-hydrogen) atoms. The van der Waals surface area contributed by atoms with Crippen LogP contribution in [0, 0.1) is 0 Å². The lowest BCUT2D eigenvalue weighted by Gasteiger charge is -2.29. The molecule has 2 aliphatic rings. The molecule has 2 aromatic rings. The summed E-state index contributed by atoms with van der Waals surface area (Å²) in [5, 5.41) is 9.42. The first-order valence-corrected chi connectivity index (χ1v) is 9.56. The van der Waals surface area contributed by atoms with E-state index in [9.17, 15) is 14.4 Å². The molecule has 2 N–H and O–H groups in total. The summed E-state index contributed by atoms with van der Waals surface area (Å²) in [5.74, 6) is -1.82. The summed E-state index contributed by atoms with van der Waals surface area (Å²) >= 11 is 1.11. The van der Waals surface area contributed by atoms with Crippen LogP contribution in [0.4, 0.5) is 0 Å². The molecule has 4 heterocycles. The third kappa shape index (κ3) is 3.01. The van der Waals surface area contributed by atoms with E-state index < -0.39 is 17.4 Å². The minimum Gasteiger partial charge on any atom is -0.475 e. The molecule has 4 rings (SSSR count). The Kier molecular flexibility index (Phi) is 4.49. The summed E-state index contributed by atoms with van der Waals surface area (Å²) in [7, 11) is 0. The van der Waals surface area contributed by atoms with Crippen LogP contribution in [0.1, 0.15) is 51.5 Å². The maximum Gasteiger partial charge on any atom is 0.372 e. The van der Waals surface area contributed by atoms with Gasteiger partial charge in [0.1, 0.15) is 4.83 Å². The molecule has 1 saturated heterocycles. The monoisotopic (exact) mass is 377 g/mol. The number of aromatic carboxylic acids is 1. The van der Waals surface area contributed by atoms with E-state index in [1.165, 1.54) is 0 Å². The molecule has 2 aliphatic heterocycles. The number of nitrogens with zero attached hydrogens (tertiary/aromatic N) is 2. The summed E-state index contributed by atoms with van der Waals surface area (Å²) in [6.45, 7) is 1.91. The predicted molar refractivity (Wildman–Crippen MR) is 95.0 cm³/mol. The second kappa shape index (κ2) is 6.81. The fourth-order valence-corrected chi connectivity index (χ4v) is 4.83. The molecule has 9 heteroatoms. The van der Waals surface area contributed by atoms with Crippen molar-refractivity contribution in [2.75, 3.05) is 19.7 Å². The number of H-pyrrole nitrogens is 1. The summed E-state index contributed by atoms with van der Waals surface area (Å²) in [6.07, 6.45) is 4.52. The number of carbonyl (C=O) groups is 2. The fraction of sp³-hybridized carbons (Fsp3) is 0.529. The van der Waals surface area contributed by atoms with Gasteiger partial charge in [0.15, 0.2) is 0 Å². The van der Waals surface area contributed by atoms with E-state index in [0.29, 0.717) is 40.2 Å². The number of carbonyl (C=O) groups excluding carboxylic acids is 1. The molecule has 0 aliphatic carbocycles. The zero-order chi connectivity index (χ0) is 18.3. The van der Waals surface area contributed by atoms with Crippen LogP contribution in [-0.2, 0) is 11.2 Å². The normalized spacial score (nSPS) is 20.8. The lowest BCUT2D eigenvalue weighted by molar-refractivity contribution is -0.00358. The zero-order valence-electron chi connectivity index (χ0n) is 14.1. The van der Waals surface area contributed by atoms with Gasteiger partial charge in [-0.1, -0.05) is 0 Å². The number of rotatable bonds is 3. The molecule has 1 amide bonds. The van der Waals surface area contributed by atoms with E-state index in [1.807, 2.05) is 0 Å². The maximum absolute atomic E-state index is 13.0. The molecule has 0 aromatic carbocycles. The maximum atomic E-state index is 13.0. The minimum atomic E-state index is -1.30. The van der Waals surface area contributed by atoms with E-state index in [1.54, 1.807) is 4.90 Å². The van der Waals surface area contributed by atoms with Gasteiger partial charge in [0, 0.05) is 19.7 Å². The number of amides is 1. The first-order valence-electron chi connectivity index (χ1n) is 8.74. The van der Waals surface area contributed by atoms with E-state index in [2.05, 4.69) is 9.97 Å². The van der Waals surface area contributed by atoms with Crippen LogP contribution in [0.2, 0.25) is 0 Å². The number of aryl methyl sites for hydroxylation is 1. The Labute approximate surface area is 152 Å². The predicted octanol–water partition coefficient (Wildman–Crippen LogP) is 1.64. The van der Waals surface area contributed by atoms with Crippen molar-refractivity contribution in [1.82, 2.24) is 14.9 Å². The van der Waals surface area contributed by atoms with E-state index in [0.717, 1.165) is 43.6 Å². The molecular weight excluding hydrogens is 358 g/mol. The van der Waals surface area contributed by atoms with Gasteiger partial charge in [0.25, 0.3) is 11.5 Å². The van der Waals surface area contributed by atoms with Crippen LogP contribution in [-0.4, -0.2) is 57.7 Å². The Balaban J connectivity index is 1.70. The third-order valence-corrected chi connectivity index (χ3v) is 6.01. The number of aromatic nitrogens is 2. The molecular formula is C17H19N3O5S. The first kappa shape index (κ1) is 17.2. The average molecular weight is 377 g/mol. The molecule has 1 atom stereocenters. The van der Waals surface area contributed by atoms with Gasteiger partial charge >= 0.3 is 5.97 Å². The molecule has 138 valence electrons. The van der Waals surface area contributed by atoms with Crippen molar-refractivity contribution in [3.8, 4) is 0 Å². The van der Waals surface area contributed by atoms with Crippen LogP contribution in [0.3, 0.4) is 0 Å². The van der Waals surface area contributed by atoms with E-state index >= 15 is 0 Å². The number of hydrogen-bond acceptors (Lipinski definition) is 6. The van der Waals surface area contributed by atoms with Crippen LogP contribution in [0.25, 0.3) is 10.2 Å². The van der Waals surface area contributed by atoms with Crippen molar-refractivity contribution in [2.24, 2.45) is 0 Å². The van der Waals surface area contributed by atoms with Crippen molar-refractivity contribution >= 4 is 33.4 Å². The van der Waals surface area contributed by atoms with E-state index in [-0.39, 0.29) is 12.0 Å². The average Bonchev–Trinajstić information content (AvgIpc) is 2.93. The molecule has 0 bridgehead atoms. The van der Waals surface area contributed by atoms with Crippen molar-refractivity contribution in [3.63, 3.8) is 0 Å². The Hall–Kier alpha value is -2.26. The van der Waals surface area contributed by atoms with Gasteiger partial charge in [-0.2, -0.15) is 0 Å². The summed E-state index contributed by atoms with van der Waals surface area (Å²) in [5.41, 5.74) is 0.189. The van der Waals surface area contributed by atoms with Crippen LogP contribution in [0.15, 0.2) is 4.79 Å². The van der Waals surface area contributed by atoms with E-state index in [4.69, 9.17) is 9.84 Å². The second-order valence-corrected chi connectivity index (χ2v) is 7.65. The summed E-state index contributed by atoms with van der Waals surface area (Å²) < 4.78 is 5.75. The Morgan fingerprint density at radius 1 is 1.35 bits per heavy atom. The molecule has 0 radical (unpaired) electrons. The lowest BCUT2D eigenvalue weighted by atomic mass is 10.1. The van der Waals surface area contributed by atoms with Gasteiger partial charge in [0.2, 0.25) is 5.82 Å². The number of aromatic amines is 1. The quantitative estimate of drug-likeness (QED) is 0.841. The number of fused-ring (bicyclic) bond motifs is 3. The van der Waals surface area contributed by atoms with Crippen molar-refractivity contribution in [1.29, 1.82) is 0 Å². The second-order valence-electron chi connectivity index (χ2n) is 6.65. The minimum absolute atomic E-state index is 0.0590. The summed E-state index contributed by atoms with van der Waals surface area (Å²) in [6, 6.07) is 0. The van der Waals surface area contributed by atoms with Gasteiger partial charge in [0.05, 0.1) is 16.4 Å². The van der Waals surface area contributed by atoms with Gasteiger partial charge in [-0.25, -0.2) is 9.78 Å². The molecule has 0 saturated carbocycles. The van der Waals surface area contributed by atoms with Crippen LogP contribution < -0.4 is 5.56 Å². The number of carboxylic acids is 1. The summed E-state index contributed by atoms with van der Waals surface area (Å²) in [4.78, 5) is 45.4. The number of carboxylic acid groups (broad SMARTS) is 1. The van der Waals surface area contributed by atoms with Crippen LogP contribution >= 0.6 is 11.3 Å². The van der Waals surface area contributed by atoms with Gasteiger partial charge in [-0.15, -0.1) is 11.3 Å². The molecule has 2 aromatic heterocycles. The number of thiophene rings is 1. The van der Waals surface area contributed by atoms with Crippen LogP contribution in [0.5, 0.6) is 0 Å². The Morgan fingerprint density at radius 3 is 2.92 bits per heavy atom. The first-order chi connectivity index (χ1) is 12.5. The highest BCUT2D eigenvalue weighted by atomic mass is 32.1. The Morgan fingerprint density at radius 2 is 2.19 bits per heavy atom. The van der Waals surface area contributed by atoms with Crippen molar-refractivity contribution < 1.29 is 19.4 Å². The molecule has 1 fully saturated rings. The topological polar surface area (TPSA) is 113 Å². The smallest absolute Gasteiger partial charge is 0.372 e. The van der Waals surface area contributed by atoms with Gasteiger partial charge in [-0.3, -0.25) is 9.59 Å². The number of hydrogen-bond donors (Lipinski definition) is 2. The van der Waals surface area contributed by atoms with Crippen molar-refractivity contribution in [3.05, 3.63) is 26.6 Å². The van der Waals surface area contributed by atoms with Gasteiger partial charge < -0.3 is 19.7 Å². The standard InChI is InChI=1S/C17H19N3O5S/c21-14-11-10-5-3-6-20(8-9-4-1-2-7-25-9)16(22)12(10)26-15(11)19-13(18-14)17(23)24/h9H,1-8H2,(H,23,24)(H,18,19,21). The number of nitrogens with one attached hydrogen (secondary N) is 1. The molecule has 8 nitrogen and oxygen atoms in total. The highest BCUT2D eigenvalue weighted by Crippen LogP contribution is 2.32. The Bertz CT molecular complexity index is 928. The molecule has 0 spiro atoms. The zero-order valence-corrected chi connectivity index (χ0v) is 14.9. The largest absolute Gasteiger partial charge is 0.475 e. The lowest BCUT2D eigenvalue weighted by Crippen LogP contribution is -2.39. The number of ether oxygens (including phenoxy) is 1. The SMILES string of the molecule is O=C(O)c1nc2sc3c(c2c(=O)[nH]1)CCCN(CC1CCCCO1)C3=O. The highest BCUT2D eigenvalue weighted by molar-refractivity contribution is 7.20.